The molecule has 0 saturated heterocycles. The van der Waals surface area contributed by atoms with Crippen molar-refractivity contribution in [3.8, 4) is 0 Å². The second kappa shape index (κ2) is 10.4. The molecule has 4 N–H and O–H groups in total. The van der Waals surface area contributed by atoms with E-state index in [0.29, 0.717) is 5.56 Å². The van der Waals surface area contributed by atoms with Crippen LogP contribution in [0.15, 0.2) is 53.4 Å². The highest BCUT2D eigenvalue weighted by Gasteiger charge is 2.29. The van der Waals surface area contributed by atoms with Gasteiger partial charge in [0.05, 0.1) is 4.90 Å². The van der Waals surface area contributed by atoms with Crippen molar-refractivity contribution in [2.75, 3.05) is 5.32 Å². The van der Waals surface area contributed by atoms with Gasteiger partial charge in [-0.3, -0.25) is 9.59 Å². The van der Waals surface area contributed by atoms with Crippen molar-refractivity contribution in [1.82, 2.24) is 5.32 Å². The zero-order valence-electron chi connectivity index (χ0n) is 18.3. The molecule has 0 heterocycles. The summed E-state index contributed by atoms with van der Waals surface area (Å²) in [7, 11) is -3.93. The zero-order valence-corrected chi connectivity index (χ0v) is 19.1. The Morgan fingerprint density at radius 3 is 2.19 bits per heavy atom. The van der Waals surface area contributed by atoms with Gasteiger partial charge in [0, 0.05) is 11.3 Å². The molecule has 0 radical (unpaired) electrons. The van der Waals surface area contributed by atoms with Crippen LogP contribution in [0, 0.1) is 12.8 Å². The van der Waals surface area contributed by atoms with E-state index in [1.54, 1.807) is 38.1 Å². The Morgan fingerprint density at radius 2 is 1.62 bits per heavy atom. The molecule has 2 aromatic rings. The molecule has 0 aliphatic rings. The minimum atomic E-state index is -3.93. The first kappa shape index (κ1) is 25.0. The lowest BCUT2D eigenvalue weighted by Gasteiger charge is -2.23. The predicted octanol–water partition coefficient (Wildman–Crippen LogP) is 1.97. The summed E-state index contributed by atoms with van der Waals surface area (Å²) in [5, 5.41) is 10.2. The second-order valence-electron chi connectivity index (χ2n) is 7.70. The van der Waals surface area contributed by atoms with Crippen LogP contribution in [0.2, 0.25) is 0 Å². The molecule has 0 aromatic heterocycles. The molecular weight excluding hydrogens is 434 g/mol. The molecule has 0 fully saturated rings. The number of esters is 1. The lowest BCUT2D eigenvalue weighted by Crippen LogP contribution is -2.47. The molecule has 0 bridgehead atoms. The quantitative estimate of drug-likeness (QED) is 0.513. The van der Waals surface area contributed by atoms with Crippen molar-refractivity contribution in [3.63, 3.8) is 0 Å². The minimum Gasteiger partial charge on any atom is -0.451 e. The summed E-state index contributed by atoms with van der Waals surface area (Å²) in [6.07, 6.45) is -1.20. The molecule has 2 aromatic carbocycles. The van der Waals surface area contributed by atoms with E-state index in [2.05, 4.69) is 10.6 Å². The number of hydrogen-bond acceptors (Lipinski definition) is 6. The fraction of sp³-hybridized carbons (Fsp3) is 0.318. The van der Waals surface area contributed by atoms with E-state index in [9.17, 15) is 22.8 Å². The van der Waals surface area contributed by atoms with Crippen molar-refractivity contribution in [1.29, 1.82) is 0 Å². The molecule has 0 aliphatic carbocycles. The van der Waals surface area contributed by atoms with Gasteiger partial charge in [-0.15, -0.1) is 0 Å². The van der Waals surface area contributed by atoms with Crippen molar-refractivity contribution < 1.29 is 27.5 Å². The van der Waals surface area contributed by atoms with Gasteiger partial charge in [0.1, 0.15) is 6.04 Å². The number of hydrogen-bond donors (Lipinski definition) is 3. The zero-order chi connectivity index (χ0) is 24.1. The lowest BCUT2D eigenvalue weighted by atomic mass is 10.0. The maximum atomic E-state index is 12.6. The van der Waals surface area contributed by atoms with Crippen molar-refractivity contribution in [3.05, 3.63) is 59.7 Å². The molecule has 1 unspecified atom stereocenters. The number of benzene rings is 2. The average molecular weight is 462 g/mol. The minimum absolute atomic E-state index is 0.168. The normalized spacial score (nSPS) is 13.2. The number of aryl methyl sites for hydroxylation is 1. The third-order valence-corrected chi connectivity index (χ3v) is 5.52. The highest BCUT2D eigenvalue weighted by molar-refractivity contribution is 7.89. The van der Waals surface area contributed by atoms with Gasteiger partial charge in [0.15, 0.2) is 6.10 Å². The van der Waals surface area contributed by atoms with Crippen molar-refractivity contribution in [2.45, 2.75) is 44.7 Å². The molecule has 9 nitrogen and oxygen atoms in total. The van der Waals surface area contributed by atoms with Crippen LogP contribution in [0.1, 0.15) is 36.7 Å². The number of anilines is 1. The van der Waals surface area contributed by atoms with Crippen LogP contribution >= 0.6 is 0 Å². The van der Waals surface area contributed by atoms with Crippen LogP contribution in [-0.2, 0) is 24.3 Å². The summed E-state index contributed by atoms with van der Waals surface area (Å²) in [5.74, 6) is -2.16. The smallest absolute Gasteiger partial charge is 0.329 e. The van der Waals surface area contributed by atoms with Crippen LogP contribution in [0.4, 0.5) is 5.69 Å². The van der Waals surface area contributed by atoms with E-state index in [-0.39, 0.29) is 16.5 Å². The first-order valence-electron chi connectivity index (χ1n) is 9.90. The van der Waals surface area contributed by atoms with Gasteiger partial charge in [-0.25, -0.2) is 18.4 Å². The molecule has 0 aliphatic heterocycles. The summed E-state index contributed by atoms with van der Waals surface area (Å²) in [4.78, 5) is 37.4. The topological polar surface area (TPSA) is 145 Å². The third-order valence-electron chi connectivity index (χ3n) is 4.61. The largest absolute Gasteiger partial charge is 0.451 e. The van der Waals surface area contributed by atoms with Crippen LogP contribution in [0.3, 0.4) is 0 Å². The SMILES string of the molecule is Cc1ccc(C(=O)N[C@H](C(=O)OC(C)C(=O)Nc2cccc(S(N)(=O)=O)c2)C(C)C)cc1. The van der Waals surface area contributed by atoms with Gasteiger partial charge in [-0.05, 0) is 50.1 Å². The van der Waals surface area contributed by atoms with E-state index < -0.39 is 40.0 Å². The summed E-state index contributed by atoms with van der Waals surface area (Å²) >= 11 is 0. The summed E-state index contributed by atoms with van der Waals surface area (Å²) < 4.78 is 28.2. The Kier molecular flexibility index (Phi) is 8.12. The number of rotatable bonds is 8. The average Bonchev–Trinajstić information content (AvgIpc) is 2.71. The molecule has 0 spiro atoms. The van der Waals surface area contributed by atoms with Crippen molar-refractivity contribution in [2.24, 2.45) is 11.1 Å². The summed E-state index contributed by atoms with van der Waals surface area (Å²) in [5.41, 5.74) is 1.57. The number of nitrogens with one attached hydrogen (secondary N) is 2. The van der Waals surface area contributed by atoms with Gasteiger partial charge in [-0.1, -0.05) is 37.6 Å². The van der Waals surface area contributed by atoms with E-state index in [0.717, 1.165) is 5.56 Å². The fourth-order valence-corrected chi connectivity index (χ4v) is 3.28. The van der Waals surface area contributed by atoms with Crippen LogP contribution < -0.4 is 15.8 Å². The Balaban J connectivity index is 2.04. The van der Waals surface area contributed by atoms with Gasteiger partial charge >= 0.3 is 5.97 Å². The number of nitrogens with two attached hydrogens (primary N) is 1. The van der Waals surface area contributed by atoms with E-state index >= 15 is 0 Å². The Hall–Kier alpha value is -3.24. The third kappa shape index (κ3) is 6.89. The first-order chi connectivity index (χ1) is 14.9. The predicted molar refractivity (Wildman–Crippen MR) is 119 cm³/mol. The van der Waals surface area contributed by atoms with Gasteiger partial charge < -0.3 is 15.4 Å². The molecule has 10 heteroatoms. The summed E-state index contributed by atoms with van der Waals surface area (Å²) in [6, 6.07) is 11.3. The maximum absolute atomic E-state index is 12.6. The standard InChI is InChI=1S/C22H27N3O6S/c1-13(2)19(25-21(27)16-10-8-14(3)9-11-16)22(28)31-15(4)20(26)24-17-6-5-7-18(12-17)32(23,29)30/h5-13,15,19H,1-4H3,(H,24,26)(H,25,27)(H2,23,29,30)/t15?,19-/m0/s1. The first-order valence-corrected chi connectivity index (χ1v) is 11.4. The van der Waals surface area contributed by atoms with Gasteiger partial charge in [0.25, 0.3) is 11.8 Å². The molecule has 172 valence electrons. The highest BCUT2D eigenvalue weighted by Crippen LogP contribution is 2.15. The molecule has 0 saturated carbocycles. The van der Waals surface area contributed by atoms with Crippen LogP contribution in [0.25, 0.3) is 0 Å². The second-order valence-corrected chi connectivity index (χ2v) is 9.26. The monoisotopic (exact) mass is 461 g/mol. The number of sulfonamides is 1. The number of ether oxygens (including phenoxy) is 1. The lowest BCUT2D eigenvalue weighted by molar-refractivity contribution is -0.156. The summed E-state index contributed by atoms with van der Waals surface area (Å²) in [6.45, 7) is 6.75. The number of carbonyl (C=O) groups is 3. The molecule has 32 heavy (non-hydrogen) atoms. The van der Waals surface area contributed by atoms with Crippen molar-refractivity contribution >= 4 is 33.5 Å². The van der Waals surface area contributed by atoms with Crippen LogP contribution in [-0.4, -0.2) is 38.3 Å². The Morgan fingerprint density at radius 1 is 1.00 bits per heavy atom. The number of amides is 2. The Bertz CT molecular complexity index is 1100. The van der Waals surface area contributed by atoms with E-state index in [1.807, 2.05) is 6.92 Å². The molecular formula is C22H27N3O6S. The number of primary sulfonamides is 1. The molecule has 2 atom stereocenters. The molecule has 2 rings (SSSR count). The van der Waals surface area contributed by atoms with E-state index in [4.69, 9.17) is 9.88 Å². The van der Waals surface area contributed by atoms with Crippen LogP contribution in [0.5, 0.6) is 0 Å². The number of carbonyl (C=O) groups excluding carboxylic acids is 3. The Labute approximate surface area is 187 Å². The van der Waals surface area contributed by atoms with Gasteiger partial charge in [-0.2, -0.15) is 0 Å². The van der Waals surface area contributed by atoms with Gasteiger partial charge in [0.2, 0.25) is 10.0 Å². The highest BCUT2D eigenvalue weighted by atomic mass is 32.2. The fourth-order valence-electron chi connectivity index (χ4n) is 2.72. The molecule has 2 amide bonds. The van der Waals surface area contributed by atoms with E-state index in [1.165, 1.54) is 31.2 Å². The maximum Gasteiger partial charge on any atom is 0.329 e.